The van der Waals surface area contributed by atoms with Gasteiger partial charge in [-0.15, -0.1) is 0 Å². The van der Waals surface area contributed by atoms with Gasteiger partial charge >= 0.3 is 5.63 Å². The number of benzene rings is 1. The topological polar surface area (TPSA) is 62.5 Å². The van der Waals surface area contributed by atoms with E-state index in [4.69, 9.17) is 4.42 Å². The maximum atomic E-state index is 11.7. The Morgan fingerprint density at radius 2 is 2.05 bits per heavy atom. The monoisotopic (exact) mass is 287 g/mol. The summed E-state index contributed by atoms with van der Waals surface area (Å²) in [4.78, 5) is 11.7. The fourth-order valence-electron chi connectivity index (χ4n) is 3.21. The number of nitrogens with one attached hydrogen (secondary N) is 1. The van der Waals surface area contributed by atoms with Gasteiger partial charge in [-0.1, -0.05) is 25.0 Å². The second-order valence-corrected chi connectivity index (χ2v) is 6.09. The lowest BCUT2D eigenvalue weighted by Gasteiger charge is -2.28. The molecule has 0 bridgehead atoms. The maximum Gasteiger partial charge on any atom is 0.336 e. The summed E-state index contributed by atoms with van der Waals surface area (Å²) in [6, 6.07) is 7.44. The van der Waals surface area contributed by atoms with Crippen LogP contribution in [-0.4, -0.2) is 17.3 Å². The number of fused-ring (bicyclic) bond motifs is 1. The molecule has 1 saturated carbocycles. The molecular weight excluding hydrogens is 266 g/mol. The van der Waals surface area contributed by atoms with Crippen LogP contribution in [0.5, 0.6) is 0 Å². The highest BCUT2D eigenvalue weighted by Crippen LogP contribution is 2.30. The Morgan fingerprint density at radius 1 is 1.29 bits per heavy atom. The van der Waals surface area contributed by atoms with Gasteiger partial charge in [0.1, 0.15) is 5.58 Å². The number of aliphatic hydroxyl groups is 1. The summed E-state index contributed by atoms with van der Waals surface area (Å²) >= 11 is 0. The minimum atomic E-state index is -0.325. The Bertz CT molecular complexity index is 699. The Labute approximate surface area is 123 Å². The Kier molecular flexibility index (Phi) is 3.83. The summed E-state index contributed by atoms with van der Waals surface area (Å²) in [7, 11) is 0. The van der Waals surface area contributed by atoms with Crippen LogP contribution in [0.15, 0.2) is 33.5 Å². The molecule has 0 unspecified atom stereocenters. The lowest BCUT2D eigenvalue weighted by molar-refractivity contribution is 0.163. The van der Waals surface area contributed by atoms with Crippen molar-refractivity contribution in [2.45, 2.75) is 44.7 Å². The lowest BCUT2D eigenvalue weighted by atomic mass is 9.98. The number of hydrogen-bond donors (Lipinski definition) is 2. The number of rotatable bonds is 4. The van der Waals surface area contributed by atoms with Gasteiger partial charge in [-0.2, -0.15) is 0 Å². The Balaban J connectivity index is 1.91. The SMILES string of the molecule is Cc1ccc2c(CNC3(CO)CCCC3)cc(=O)oc2c1. The van der Waals surface area contributed by atoms with Crippen LogP contribution < -0.4 is 10.9 Å². The molecule has 112 valence electrons. The summed E-state index contributed by atoms with van der Waals surface area (Å²) < 4.78 is 5.27. The van der Waals surface area contributed by atoms with Crippen molar-refractivity contribution >= 4 is 11.0 Å². The first-order valence-corrected chi connectivity index (χ1v) is 7.51. The maximum absolute atomic E-state index is 11.7. The zero-order chi connectivity index (χ0) is 14.9. The third-order valence-corrected chi connectivity index (χ3v) is 4.50. The van der Waals surface area contributed by atoms with Gasteiger partial charge in [0.05, 0.1) is 6.61 Å². The zero-order valence-electron chi connectivity index (χ0n) is 12.3. The Hall–Kier alpha value is -1.65. The van der Waals surface area contributed by atoms with Crippen molar-refractivity contribution < 1.29 is 9.52 Å². The van der Waals surface area contributed by atoms with Crippen LogP contribution in [0.3, 0.4) is 0 Å². The Morgan fingerprint density at radius 3 is 2.76 bits per heavy atom. The van der Waals surface area contributed by atoms with E-state index < -0.39 is 0 Å². The van der Waals surface area contributed by atoms with Gasteiger partial charge in [0.2, 0.25) is 0 Å². The molecular formula is C17H21NO3. The molecule has 3 rings (SSSR count). The molecule has 0 radical (unpaired) electrons. The summed E-state index contributed by atoms with van der Waals surface area (Å²) in [6.45, 7) is 2.70. The molecule has 21 heavy (non-hydrogen) atoms. The van der Waals surface area contributed by atoms with Crippen LogP contribution in [0, 0.1) is 6.92 Å². The summed E-state index contributed by atoms with van der Waals surface area (Å²) in [5, 5.41) is 14.1. The standard InChI is InChI=1S/C17H21NO3/c1-12-4-5-14-13(9-16(20)21-15(14)8-12)10-18-17(11-19)6-2-3-7-17/h4-5,8-9,18-19H,2-3,6-7,10-11H2,1H3. The van der Waals surface area contributed by atoms with Gasteiger partial charge in [-0.3, -0.25) is 0 Å². The molecule has 1 aliphatic rings. The van der Waals surface area contributed by atoms with Gasteiger partial charge in [-0.05, 0) is 37.0 Å². The number of hydrogen-bond acceptors (Lipinski definition) is 4. The quantitative estimate of drug-likeness (QED) is 0.848. The highest BCUT2D eigenvalue weighted by atomic mass is 16.4. The van der Waals surface area contributed by atoms with Crippen LogP contribution in [0.25, 0.3) is 11.0 Å². The van der Waals surface area contributed by atoms with Gasteiger partial charge in [-0.25, -0.2) is 4.79 Å². The van der Waals surface area contributed by atoms with Crippen molar-refractivity contribution in [3.63, 3.8) is 0 Å². The molecule has 0 aliphatic heterocycles. The molecule has 1 aromatic heterocycles. The van der Waals surface area contributed by atoms with E-state index in [1.807, 2.05) is 25.1 Å². The van der Waals surface area contributed by atoms with Crippen molar-refractivity contribution in [1.29, 1.82) is 0 Å². The first kappa shape index (κ1) is 14.3. The van der Waals surface area contributed by atoms with E-state index in [1.165, 1.54) is 0 Å². The second kappa shape index (κ2) is 5.62. The summed E-state index contributed by atoms with van der Waals surface area (Å²) in [5.41, 5.74) is 2.12. The van der Waals surface area contributed by atoms with E-state index in [0.29, 0.717) is 12.1 Å². The molecule has 1 fully saturated rings. The molecule has 1 aliphatic carbocycles. The fourth-order valence-corrected chi connectivity index (χ4v) is 3.21. The molecule has 1 heterocycles. The van der Waals surface area contributed by atoms with Crippen LogP contribution in [0.1, 0.15) is 36.8 Å². The summed E-state index contributed by atoms with van der Waals surface area (Å²) in [6.07, 6.45) is 4.26. The average molecular weight is 287 g/mol. The largest absolute Gasteiger partial charge is 0.423 e. The van der Waals surface area contributed by atoms with Crippen molar-refractivity contribution in [3.05, 3.63) is 45.8 Å². The van der Waals surface area contributed by atoms with E-state index in [-0.39, 0.29) is 17.8 Å². The van der Waals surface area contributed by atoms with Gasteiger partial charge < -0.3 is 14.8 Å². The zero-order valence-corrected chi connectivity index (χ0v) is 12.3. The van der Waals surface area contributed by atoms with Crippen LogP contribution >= 0.6 is 0 Å². The van der Waals surface area contributed by atoms with Crippen molar-refractivity contribution in [3.8, 4) is 0 Å². The number of aliphatic hydroxyl groups excluding tert-OH is 1. The van der Waals surface area contributed by atoms with Crippen molar-refractivity contribution in [2.24, 2.45) is 0 Å². The third kappa shape index (κ3) is 2.87. The molecule has 0 saturated heterocycles. The molecule has 4 nitrogen and oxygen atoms in total. The highest BCUT2D eigenvalue weighted by Gasteiger charge is 2.32. The molecule has 0 spiro atoms. The first-order valence-electron chi connectivity index (χ1n) is 7.51. The molecule has 0 atom stereocenters. The third-order valence-electron chi connectivity index (χ3n) is 4.50. The molecule has 2 N–H and O–H groups in total. The van der Waals surface area contributed by atoms with Crippen LogP contribution in [0.2, 0.25) is 0 Å². The number of aryl methyl sites for hydroxylation is 1. The molecule has 0 amide bonds. The van der Waals surface area contributed by atoms with Gasteiger partial charge in [0.15, 0.2) is 0 Å². The van der Waals surface area contributed by atoms with E-state index in [0.717, 1.165) is 42.2 Å². The van der Waals surface area contributed by atoms with E-state index in [1.54, 1.807) is 6.07 Å². The summed E-state index contributed by atoms with van der Waals surface area (Å²) in [5.74, 6) is 0. The van der Waals surface area contributed by atoms with Gasteiger partial charge in [0, 0.05) is 23.5 Å². The van der Waals surface area contributed by atoms with Crippen LogP contribution in [0.4, 0.5) is 0 Å². The first-order chi connectivity index (χ1) is 10.1. The minimum Gasteiger partial charge on any atom is -0.423 e. The predicted octanol–water partition coefficient (Wildman–Crippen LogP) is 2.50. The van der Waals surface area contributed by atoms with E-state index in [9.17, 15) is 9.90 Å². The van der Waals surface area contributed by atoms with Crippen molar-refractivity contribution in [2.75, 3.05) is 6.61 Å². The molecule has 4 heteroatoms. The lowest BCUT2D eigenvalue weighted by Crippen LogP contribution is -2.45. The fraction of sp³-hybridized carbons (Fsp3) is 0.471. The smallest absolute Gasteiger partial charge is 0.336 e. The highest BCUT2D eigenvalue weighted by molar-refractivity contribution is 5.80. The predicted molar refractivity (Wildman–Crippen MR) is 82.3 cm³/mol. The minimum absolute atomic E-state index is 0.144. The molecule has 2 aromatic rings. The normalized spacial score (nSPS) is 17.4. The second-order valence-electron chi connectivity index (χ2n) is 6.09. The van der Waals surface area contributed by atoms with Crippen LogP contribution in [-0.2, 0) is 6.54 Å². The van der Waals surface area contributed by atoms with E-state index in [2.05, 4.69) is 5.32 Å². The average Bonchev–Trinajstić information content (AvgIpc) is 2.93. The van der Waals surface area contributed by atoms with E-state index >= 15 is 0 Å². The van der Waals surface area contributed by atoms with Crippen molar-refractivity contribution in [1.82, 2.24) is 5.32 Å². The molecule has 1 aromatic carbocycles. The van der Waals surface area contributed by atoms with Gasteiger partial charge in [0.25, 0.3) is 0 Å².